The SMILES string of the molecule is Cc1ccc2oc(C(NN)c3ccnnc3)cc2c1. The summed E-state index contributed by atoms with van der Waals surface area (Å²) in [6.45, 7) is 2.05. The van der Waals surface area contributed by atoms with Crippen LogP contribution in [0.25, 0.3) is 11.0 Å². The highest BCUT2D eigenvalue weighted by Crippen LogP contribution is 2.27. The number of hydrazine groups is 1. The van der Waals surface area contributed by atoms with Crippen LogP contribution >= 0.6 is 0 Å². The van der Waals surface area contributed by atoms with Gasteiger partial charge in [0.25, 0.3) is 0 Å². The number of hydrogen-bond donors (Lipinski definition) is 2. The van der Waals surface area contributed by atoms with E-state index in [9.17, 15) is 0 Å². The first-order valence-corrected chi connectivity index (χ1v) is 6.01. The van der Waals surface area contributed by atoms with E-state index in [0.29, 0.717) is 0 Å². The summed E-state index contributed by atoms with van der Waals surface area (Å²) in [7, 11) is 0. The molecule has 0 saturated carbocycles. The van der Waals surface area contributed by atoms with Crippen LogP contribution in [0.4, 0.5) is 0 Å². The lowest BCUT2D eigenvalue weighted by Crippen LogP contribution is -2.28. The van der Waals surface area contributed by atoms with Crippen molar-refractivity contribution in [1.29, 1.82) is 0 Å². The smallest absolute Gasteiger partial charge is 0.134 e. The molecule has 0 aliphatic rings. The largest absolute Gasteiger partial charge is 0.459 e. The molecule has 2 heterocycles. The summed E-state index contributed by atoms with van der Waals surface area (Å²) in [5, 5.41) is 8.69. The maximum absolute atomic E-state index is 5.84. The molecule has 0 aliphatic heterocycles. The van der Waals surface area contributed by atoms with Crippen LogP contribution in [0.1, 0.15) is 22.9 Å². The number of aromatic nitrogens is 2. The van der Waals surface area contributed by atoms with Gasteiger partial charge >= 0.3 is 0 Å². The van der Waals surface area contributed by atoms with Crippen molar-refractivity contribution in [2.75, 3.05) is 0 Å². The third-order valence-corrected chi connectivity index (χ3v) is 3.08. The van der Waals surface area contributed by atoms with Crippen molar-refractivity contribution >= 4 is 11.0 Å². The normalized spacial score (nSPS) is 12.7. The van der Waals surface area contributed by atoms with Crippen LogP contribution in [0.5, 0.6) is 0 Å². The number of fused-ring (bicyclic) bond motifs is 1. The van der Waals surface area contributed by atoms with E-state index < -0.39 is 0 Å². The highest BCUT2D eigenvalue weighted by atomic mass is 16.3. The Morgan fingerprint density at radius 1 is 1.21 bits per heavy atom. The van der Waals surface area contributed by atoms with Gasteiger partial charge < -0.3 is 4.42 Å². The molecular formula is C14H14N4O. The lowest BCUT2D eigenvalue weighted by molar-refractivity contribution is 0.476. The lowest BCUT2D eigenvalue weighted by atomic mass is 10.1. The van der Waals surface area contributed by atoms with Gasteiger partial charge in [0.2, 0.25) is 0 Å². The fourth-order valence-electron chi connectivity index (χ4n) is 2.14. The minimum atomic E-state index is -0.233. The predicted molar refractivity (Wildman–Crippen MR) is 72.1 cm³/mol. The van der Waals surface area contributed by atoms with Crippen LogP contribution in [-0.4, -0.2) is 10.2 Å². The number of nitrogens with one attached hydrogen (secondary N) is 1. The van der Waals surface area contributed by atoms with Gasteiger partial charge in [0.05, 0.1) is 6.20 Å². The van der Waals surface area contributed by atoms with Crippen molar-refractivity contribution in [2.45, 2.75) is 13.0 Å². The van der Waals surface area contributed by atoms with Crippen LogP contribution in [0.15, 0.2) is 47.1 Å². The summed E-state index contributed by atoms with van der Waals surface area (Å²) >= 11 is 0. The van der Waals surface area contributed by atoms with E-state index in [2.05, 4.69) is 28.6 Å². The molecule has 5 nitrogen and oxygen atoms in total. The van der Waals surface area contributed by atoms with Crippen LogP contribution in [-0.2, 0) is 0 Å². The number of furan rings is 1. The number of nitrogens with two attached hydrogens (primary N) is 1. The monoisotopic (exact) mass is 254 g/mol. The van der Waals surface area contributed by atoms with Crippen molar-refractivity contribution in [2.24, 2.45) is 5.84 Å². The number of nitrogens with zero attached hydrogens (tertiary/aromatic N) is 2. The van der Waals surface area contributed by atoms with Crippen molar-refractivity contribution < 1.29 is 4.42 Å². The Morgan fingerprint density at radius 3 is 2.84 bits per heavy atom. The van der Waals surface area contributed by atoms with Gasteiger partial charge in [-0.3, -0.25) is 5.84 Å². The zero-order valence-electron chi connectivity index (χ0n) is 10.5. The van der Waals surface area contributed by atoms with Gasteiger partial charge in [-0.05, 0) is 36.8 Å². The molecule has 3 N–H and O–H groups in total. The summed E-state index contributed by atoms with van der Waals surface area (Å²) in [5.74, 6) is 6.39. The summed E-state index contributed by atoms with van der Waals surface area (Å²) in [6.07, 6.45) is 3.30. The third kappa shape index (κ3) is 2.21. The summed E-state index contributed by atoms with van der Waals surface area (Å²) in [5.41, 5.74) is 5.71. The topological polar surface area (TPSA) is 77.0 Å². The minimum Gasteiger partial charge on any atom is -0.459 e. The van der Waals surface area contributed by atoms with E-state index in [1.807, 2.05) is 24.3 Å². The molecule has 96 valence electrons. The molecule has 2 aromatic heterocycles. The van der Waals surface area contributed by atoms with E-state index in [0.717, 1.165) is 22.3 Å². The van der Waals surface area contributed by atoms with Gasteiger partial charge in [0.1, 0.15) is 17.4 Å². The van der Waals surface area contributed by atoms with E-state index in [1.165, 1.54) is 5.56 Å². The molecule has 1 unspecified atom stereocenters. The van der Waals surface area contributed by atoms with Crippen molar-refractivity contribution in [3.05, 3.63) is 59.6 Å². The Morgan fingerprint density at radius 2 is 2.11 bits per heavy atom. The predicted octanol–water partition coefficient (Wildman–Crippen LogP) is 2.08. The Hall–Kier alpha value is -2.24. The second-order valence-electron chi connectivity index (χ2n) is 4.47. The van der Waals surface area contributed by atoms with E-state index in [1.54, 1.807) is 12.4 Å². The Bertz CT molecular complexity index is 693. The molecule has 3 aromatic rings. The maximum Gasteiger partial charge on any atom is 0.134 e. The number of rotatable bonds is 3. The number of hydrogen-bond acceptors (Lipinski definition) is 5. The molecule has 19 heavy (non-hydrogen) atoms. The average Bonchev–Trinajstić information content (AvgIpc) is 2.83. The highest BCUT2D eigenvalue weighted by Gasteiger charge is 2.17. The molecule has 0 fully saturated rings. The van der Waals surface area contributed by atoms with Crippen LogP contribution in [0.2, 0.25) is 0 Å². The molecule has 3 rings (SSSR count). The molecule has 0 spiro atoms. The molecule has 1 atom stereocenters. The molecule has 0 bridgehead atoms. The summed E-state index contributed by atoms with van der Waals surface area (Å²) in [6, 6.07) is 9.69. The van der Waals surface area contributed by atoms with Crippen molar-refractivity contribution in [1.82, 2.24) is 15.6 Å². The molecule has 0 saturated heterocycles. The fraction of sp³-hybridized carbons (Fsp3) is 0.143. The maximum atomic E-state index is 5.84. The quantitative estimate of drug-likeness (QED) is 0.552. The van der Waals surface area contributed by atoms with Gasteiger partial charge in [0, 0.05) is 11.6 Å². The van der Waals surface area contributed by atoms with Gasteiger partial charge in [0.15, 0.2) is 0 Å². The first-order chi connectivity index (χ1) is 9.28. The number of benzene rings is 1. The Balaban J connectivity index is 2.07. The van der Waals surface area contributed by atoms with E-state index >= 15 is 0 Å². The van der Waals surface area contributed by atoms with Crippen molar-refractivity contribution in [3.8, 4) is 0 Å². The zero-order chi connectivity index (χ0) is 13.2. The third-order valence-electron chi connectivity index (χ3n) is 3.08. The molecule has 1 aromatic carbocycles. The first-order valence-electron chi connectivity index (χ1n) is 6.01. The van der Waals surface area contributed by atoms with Gasteiger partial charge in [-0.25, -0.2) is 5.43 Å². The number of aryl methyl sites for hydroxylation is 1. The zero-order valence-corrected chi connectivity index (χ0v) is 10.5. The van der Waals surface area contributed by atoms with Crippen LogP contribution < -0.4 is 11.3 Å². The Kier molecular flexibility index (Phi) is 2.98. The molecule has 0 aliphatic carbocycles. The van der Waals surface area contributed by atoms with Crippen LogP contribution in [0.3, 0.4) is 0 Å². The van der Waals surface area contributed by atoms with E-state index in [4.69, 9.17) is 10.3 Å². The molecule has 0 radical (unpaired) electrons. The standard InChI is InChI=1S/C14H14N4O/c1-9-2-3-12-11(6-9)7-13(19-12)14(18-15)10-4-5-16-17-8-10/h2-8,14,18H,15H2,1H3. The van der Waals surface area contributed by atoms with Gasteiger partial charge in [-0.2, -0.15) is 10.2 Å². The van der Waals surface area contributed by atoms with Gasteiger partial charge in [-0.1, -0.05) is 11.6 Å². The molecule has 0 amide bonds. The van der Waals surface area contributed by atoms with Crippen molar-refractivity contribution in [3.63, 3.8) is 0 Å². The van der Waals surface area contributed by atoms with E-state index in [-0.39, 0.29) is 6.04 Å². The molecular weight excluding hydrogens is 240 g/mol. The summed E-state index contributed by atoms with van der Waals surface area (Å²) < 4.78 is 5.84. The lowest BCUT2D eigenvalue weighted by Gasteiger charge is -2.12. The summed E-state index contributed by atoms with van der Waals surface area (Å²) in [4.78, 5) is 0. The second kappa shape index (κ2) is 4.79. The molecule has 5 heteroatoms. The fourth-order valence-corrected chi connectivity index (χ4v) is 2.14. The van der Waals surface area contributed by atoms with Gasteiger partial charge in [-0.15, -0.1) is 0 Å². The second-order valence-corrected chi connectivity index (χ2v) is 4.47. The van der Waals surface area contributed by atoms with Crippen LogP contribution in [0, 0.1) is 6.92 Å². The highest BCUT2D eigenvalue weighted by molar-refractivity contribution is 5.78. The first kappa shape index (κ1) is 11.8. The Labute approximate surface area is 110 Å². The minimum absolute atomic E-state index is 0.233. The average molecular weight is 254 g/mol.